The number of nitrogens with two attached hydrogens (primary N) is 1. The van der Waals surface area contributed by atoms with Crippen molar-refractivity contribution < 1.29 is 9.53 Å². The SMILES string of the molecule is COCC(N)C(=O)NCc1nccn1CCc1ccccc1.Cl.Cl. The van der Waals surface area contributed by atoms with E-state index in [0.29, 0.717) is 6.54 Å². The molecule has 0 spiro atoms. The Morgan fingerprint density at radius 2 is 2.04 bits per heavy atom. The molecule has 2 rings (SSSR count). The number of aromatic nitrogens is 2. The van der Waals surface area contributed by atoms with Gasteiger partial charge in [-0.15, -0.1) is 24.8 Å². The van der Waals surface area contributed by atoms with Crippen LogP contribution in [-0.2, 0) is 29.0 Å². The summed E-state index contributed by atoms with van der Waals surface area (Å²) in [5.74, 6) is 0.577. The fraction of sp³-hybridized carbons (Fsp3) is 0.375. The Balaban J connectivity index is 0.00000264. The highest BCUT2D eigenvalue weighted by atomic mass is 35.5. The van der Waals surface area contributed by atoms with Gasteiger partial charge in [0.25, 0.3) is 0 Å². The molecule has 1 heterocycles. The Hall–Kier alpha value is -1.60. The van der Waals surface area contributed by atoms with Crippen molar-refractivity contribution in [1.82, 2.24) is 14.9 Å². The Labute approximate surface area is 154 Å². The molecule has 1 aromatic heterocycles. The van der Waals surface area contributed by atoms with Crippen LogP contribution in [0.3, 0.4) is 0 Å². The molecule has 134 valence electrons. The minimum absolute atomic E-state index is 0. The van der Waals surface area contributed by atoms with Gasteiger partial charge in [-0.05, 0) is 12.0 Å². The molecule has 0 saturated heterocycles. The summed E-state index contributed by atoms with van der Waals surface area (Å²) in [4.78, 5) is 16.0. The largest absolute Gasteiger partial charge is 0.383 e. The molecule has 3 N–H and O–H groups in total. The van der Waals surface area contributed by atoms with Gasteiger partial charge in [-0.3, -0.25) is 4.79 Å². The number of nitrogens with zero attached hydrogens (tertiary/aromatic N) is 2. The number of nitrogens with one attached hydrogen (secondary N) is 1. The van der Waals surface area contributed by atoms with E-state index in [4.69, 9.17) is 10.5 Å². The van der Waals surface area contributed by atoms with E-state index in [-0.39, 0.29) is 37.3 Å². The molecule has 0 aliphatic rings. The fourth-order valence-corrected chi connectivity index (χ4v) is 2.16. The quantitative estimate of drug-likeness (QED) is 0.734. The lowest BCUT2D eigenvalue weighted by Crippen LogP contribution is -2.43. The topological polar surface area (TPSA) is 82.2 Å². The molecular formula is C16H24Cl2N4O2. The van der Waals surface area contributed by atoms with Crippen molar-refractivity contribution in [2.75, 3.05) is 13.7 Å². The van der Waals surface area contributed by atoms with Gasteiger partial charge in [0.15, 0.2) is 0 Å². The van der Waals surface area contributed by atoms with E-state index in [2.05, 4.69) is 22.4 Å². The maximum atomic E-state index is 11.8. The molecule has 1 unspecified atom stereocenters. The minimum Gasteiger partial charge on any atom is -0.383 e. The van der Waals surface area contributed by atoms with E-state index in [1.807, 2.05) is 29.0 Å². The van der Waals surface area contributed by atoms with E-state index in [1.165, 1.54) is 12.7 Å². The van der Waals surface area contributed by atoms with Gasteiger partial charge in [-0.1, -0.05) is 30.3 Å². The van der Waals surface area contributed by atoms with Gasteiger partial charge in [0.2, 0.25) is 5.91 Å². The Morgan fingerprint density at radius 1 is 1.33 bits per heavy atom. The van der Waals surface area contributed by atoms with Crippen LogP contribution in [0, 0.1) is 0 Å². The summed E-state index contributed by atoms with van der Waals surface area (Å²) in [5, 5.41) is 2.78. The molecule has 8 heteroatoms. The van der Waals surface area contributed by atoms with Crippen LogP contribution < -0.4 is 11.1 Å². The van der Waals surface area contributed by atoms with Crippen LogP contribution in [0.2, 0.25) is 0 Å². The maximum Gasteiger partial charge on any atom is 0.239 e. The van der Waals surface area contributed by atoms with Gasteiger partial charge in [-0.25, -0.2) is 4.98 Å². The number of rotatable bonds is 8. The Kier molecular flexibility index (Phi) is 11.1. The molecule has 0 aliphatic heterocycles. The molecule has 24 heavy (non-hydrogen) atoms. The monoisotopic (exact) mass is 374 g/mol. The summed E-state index contributed by atoms with van der Waals surface area (Å²) >= 11 is 0. The summed E-state index contributed by atoms with van der Waals surface area (Å²) in [6.07, 6.45) is 4.57. The first-order chi connectivity index (χ1) is 10.7. The number of amides is 1. The lowest BCUT2D eigenvalue weighted by Gasteiger charge is -2.12. The highest BCUT2D eigenvalue weighted by Crippen LogP contribution is 2.04. The van der Waals surface area contributed by atoms with Gasteiger partial charge >= 0.3 is 0 Å². The number of ether oxygens (including phenoxy) is 1. The first-order valence-electron chi connectivity index (χ1n) is 7.27. The van der Waals surface area contributed by atoms with E-state index >= 15 is 0 Å². The average molecular weight is 375 g/mol. The first kappa shape index (κ1) is 22.4. The maximum absolute atomic E-state index is 11.8. The molecule has 1 atom stereocenters. The first-order valence-corrected chi connectivity index (χ1v) is 7.27. The van der Waals surface area contributed by atoms with Crippen LogP contribution in [0.1, 0.15) is 11.4 Å². The lowest BCUT2D eigenvalue weighted by molar-refractivity contribution is -0.123. The second-order valence-corrected chi connectivity index (χ2v) is 5.05. The summed E-state index contributed by atoms with van der Waals surface area (Å²) in [7, 11) is 1.52. The fourth-order valence-electron chi connectivity index (χ4n) is 2.16. The third kappa shape index (κ3) is 6.88. The zero-order chi connectivity index (χ0) is 15.8. The normalized spacial score (nSPS) is 11.1. The van der Waals surface area contributed by atoms with Crippen molar-refractivity contribution >= 4 is 30.7 Å². The average Bonchev–Trinajstić information content (AvgIpc) is 2.99. The summed E-state index contributed by atoms with van der Waals surface area (Å²) in [5.41, 5.74) is 6.95. The third-order valence-corrected chi connectivity index (χ3v) is 3.39. The number of carbonyl (C=O) groups is 1. The standard InChI is InChI=1S/C16H22N4O2.2ClH/c1-22-12-14(17)16(21)19-11-15-18-8-10-20(15)9-7-13-5-3-2-4-6-13;;/h2-6,8,10,14H,7,9,11-12,17H2,1H3,(H,19,21);2*1H. The molecule has 6 nitrogen and oxygen atoms in total. The van der Waals surface area contributed by atoms with E-state index in [0.717, 1.165) is 18.8 Å². The zero-order valence-electron chi connectivity index (χ0n) is 13.6. The van der Waals surface area contributed by atoms with Crippen molar-refractivity contribution in [2.24, 2.45) is 5.73 Å². The van der Waals surface area contributed by atoms with E-state index in [1.54, 1.807) is 6.20 Å². The van der Waals surface area contributed by atoms with Crippen LogP contribution >= 0.6 is 24.8 Å². The Morgan fingerprint density at radius 3 is 2.71 bits per heavy atom. The number of methoxy groups -OCH3 is 1. The molecule has 2 aromatic rings. The number of imidazole rings is 1. The van der Waals surface area contributed by atoms with Crippen LogP contribution in [0.25, 0.3) is 0 Å². The van der Waals surface area contributed by atoms with Gasteiger partial charge in [0.1, 0.15) is 11.9 Å². The van der Waals surface area contributed by atoms with Crippen molar-refractivity contribution in [2.45, 2.75) is 25.6 Å². The molecule has 0 saturated carbocycles. The summed E-state index contributed by atoms with van der Waals surface area (Å²) in [6, 6.07) is 9.61. The second-order valence-electron chi connectivity index (χ2n) is 5.05. The van der Waals surface area contributed by atoms with Crippen molar-refractivity contribution in [1.29, 1.82) is 0 Å². The zero-order valence-corrected chi connectivity index (χ0v) is 15.2. The lowest BCUT2D eigenvalue weighted by atomic mass is 10.1. The van der Waals surface area contributed by atoms with Gasteiger partial charge < -0.3 is 20.4 Å². The molecule has 0 bridgehead atoms. The van der Waals surface area contributed by atoms with E-state index < -0.39 is 6.04 Å². The van der Waals surface area contributed by atoms with Gasteiger partial charge in [-0.2, -0.15) is 0 Å². The summed E-state index contributed by atoms with van der Waals surface area (Å²) < 4.78 is 6.90. The number of hydrogen-bond donors (Lipinski definition) is 2. The predicted octanol–water partition coefficient (Wildman–Crippen LogP) is 1.56. The van der Waals surface area contributed by atoms with Crippen LogP contribution in [0.5, 0.6) is 0 Å². The van der Waals surface area contributed by atoms with Gasteiger partial charge in [0, 0.05) is 26.0 Å². The number of benzene rings is 1. The highest BCUT2D eigenvalue weighted by Gasteiger charge is 2.13. The molecule has 0 aliphatic carbocycles. The van der Waals surface area contributed by atoms with Crippen molar-refractivity contribution in [3.63, 3.8) is 0 Å². The molecule has 1 amide bonds. The molecule has 0 radical (unpaired) electrons. The van der Waals surface area contributed by atoms with Crippen LogP contribution in [0.4, 0.5) is 0 Å². The highest BCUT2D eigenvalue weighted by molar-refractivity contribution is 5.85. The second kappa shape index (κ2) is 11.9. The summed E-state index contributed by atoms with van der Waals surface area (Å²) in [6.45, 7) is 1.38. The van der Waals surface area contributed by atoms with Crippen LogP contribution in [0.15, 0.2) is 42.7 Å². The van der Waals surface area contributed by atoms with Gasteiger partial charge in [0.05, 0.1) is 13.2 Å². The predicted molar refractivity (Wildman–Crippen MR) is 98.6 cm³/mol. The van der Waals surface area contributed by atoms with Crippen molar-refractivity contribution in [3.8, 4) is 0 Å². The van der Waals surface area contributed by atoms with E-state index in [9.17, 15) is 4.79 Å². The Bertz CT molecular complexity index is 593. The third-order valence-electron chi connectivity index (χ3n) is 3.39. The minimum atomic E-state index is -0.655. The van der Waals surface area contributed by atoms with Crippen LogP contribution in [-0.4, -0.2) is 35.2 Å². The number of halogens is 2. The molecular weight excluding hydrogens is 351 g/mol. The number of carbonyl (C=O) groups excluding carboxylic acids is 1. The number of aryl methyl sites for hydroxylation is 2. The smallest absolute Gasteiger partial charge is 0.239 e. The molecule has 0 fully saturated rings. The number of hydrogen-bond acceptors (Lipinski definition) is 4. The van der Waals surface area contributed by atoms with Crippen molar-refractivity contribution in [3.05, 3.63) is 54.1 Å². The molecule has 1 aromatic carbocycles.